The van der Waals surface area contributed by atoms with Crippen molar-refractivity contribution in [3.05, 3.63) is 41.8 Å². The molecule has 0 bridgehead atoms. The Morgan fingerprint density at radius 2 is 2.11 bits per heavy atom. The number of nitrogens with one attached hydrogen (secondary N) is 1. The van der Waals surface area contributed by atoms with Gasteiger partial charge in [0, 0.05) is 5.39 Å². The van der Waals surface area contributed by atoms with Crippen molar-refractivity contribution in [2.24, 2.45) is 0 Å². The number of esters is 1. The summed E-state index contributed by atoms with van der Waals surface area (Å²) in [5, 5.41) is 2.98. The van der Waals surface area contributed by atoms with Gasteiger partial charge in [0.05, 0.1) is 12.6 Å². The molecule has 0 aliphatic heterocycles. The lowest BCUT2D eigenvalue weighted by atomic mass is 10.2. The van der Waals surface area contributed by atoms with E-state index >= 15 is 0 Å². The van der Waals surface area contributed by atoms with E-state index in [1.807, 2.05) is 0 Å². The lowest BCUT2D eigenvalue weighted by molar-refractivity contribution is -0.139. The Hall–Kier alpha value is -2.50. The molecular weight excluding hydrogens is 251 g/mol. The predicted octanol–water partition coefficient (Wildman–Crippen LogP) is 1.28. The molecule has 0 spiro atoms. The van der Waals surface area contributed by atoms with Crippen LogP contribution in [0.5, 0.6) is 0 Å². The van der Waals surface area contributed by atoms with Crippen LogP contribution in [0.25, 0.3) is 10.9 Å². The molecule has 0 saturated heterocycles. The number of ether oxygens (including phenoxy) is 1. The number of pyridine rings is 1. The first-order valence-corrected chi connectivity index (χ1v) is 5.51. The molecule has 1 aromatic heterocycles. The second-order valence-corrected chi connectivity index (χ2v) is 3.79. The van der Waals surface area contributed by atoms with Crippen molar-refractivity contribution in [3.8, 4) is 0 Å². The molecule has 98 valence electrons. The van der Waals surface area contributed by atoms with Gasteiger partial charge in [-0.3, -0.25) is 9.59 Å². The average Bonchev–Trinajstić information content (AvgIpc) is 2.43. The number of rotatable bonds is 3. The summed E-state index contributed by atoms with van der Waals surface area (Å²) in [7, 11) is 1.23. The molecule has 0 aliphatic rings. The van der Waals surface area contributed by atoms with E-state index in [0.717, 1.165) is 0 Å². The fourth-order valence-electron chi connectivity index (χ4n) is 1.54. The highest BCUT2D eigenvalue weighted by Gasteiger charge is 2.10. The second-order valence-electron chi connectivity index (χ2n) is 3.79. The topological polar surface area (TPSA) is 68.3 Å². The summed E-state index contributed by atoms with van der Waals surface area (Å²) in [5.74, 6) is -1.40. The summed E-state index contributed by atoms with van der Waals surface area (Å²) in [4.78, 5) is 26.7. The van der Waals surface area contributed by atoms with E-state index in [-0.39, 0.29) is 18.1 Å². The van der Waals surface area contributed by atoms with Crippen LogP contribution in [0.15, 0.2) is 30.3 Å². The van der Waals surface area contributed by atoms with Gasteiger partial charge in [0.15, 0.2) is 0 Å². The molecular formula is C13H11FN2O3. The predicted molar refractivity (Wildman–Crippen MR) is 66.1 cm³/mol. The maximum Gasteiger partial charge on any atom is 0.325 e. The van der Waals surface area contributed by atoms with Gasteiger partial charge in [0.25, 0.3) is 5.91 Å². The van der Waals surface area contributed by atoms with Crippen LogP contribution in [0.1, 0.15) is 10.5 Å². The fraction of sp³-hybridized carbons (Fsp3) is 0.154. The molecule has 19 heavy (non-hydrogen) atoms. The molecule has 0 fully saturated rings. The molecule has 0 saturated carbocycles. The number of methoxy groups -OCH3 is 1. The molecule has 0 aliphatic carbocycles. The minimum atomic E-state index is -0.545. The van der Waals surface area contributed by atoms with Gasteiger partial charge in [0.2, 0.25) is 0 Å². The molecule has 1 amide bonds. The van der Waals surface area contributed by atoms with Gasteiger partial charge >= 0.3 is 5.97 Å². The third kappa shape index (κ3) is 3.04. The van der Waals surface area contributed by atoms with Crippen molar-refractivity contribution in [2.45, 2.75) is 0 Å². The Morgan fingerprint density at radius 1 is 1.32 bits per heavy atom. The standard InChI is InChI=1S/C13H11FN2O3/c1-19-12(17)7-15-13(18)11-4-2-8-6-9(14)3-5-10(8)16-11/h2-6H,7H2,1H3,(H,15,18). The molecule has 1 heterocycles. The van der Waals surface area contributed by atoms with Gasteiger partial charge in [-0.25, -0.2) is 9.37 Å². The Bertz CT molecular complexity index is 643. The van der Waals surface area contributed by atoms with Crippen molar-refractivity contribution in [1.82, 2.24) is 10.3 Å². The minimum Gasteiger partial charge on any atom is -0.468 e. The zero-order valence-electron chi connectivity index (χ0n) is 10.1. The van der Waals surface area contributed by atoms with Crippen LogP contribution in [0, 0.1) is 5.82 Å². The lowest BCUT2D eigenvalue weighted by Gasteiger charge is -2.04. The lowest BCUT2D eigenvalue weighted by Crippen LogP contribution is -2.30. The maximum atomic E-state index is 13.0. The first-order chi connectivity index (χ1) is 9.10. The highest BCUT2D eigenvalue weighted by Crippen LogP contribution is 2.14. The number of hydrogen-bond donors (Lipinski definition) is 1. The molecule has 6 heteroatoms. The third-order valence-corrected chi connectivity index (χ3v) is 2.50. The Balaban J connectivity index is 2.19. The monoisotopic (exact) mass is 262 g/mol. The number of hydrogen-bond acceptors (Lipinski definition) is 4. The van der Waals surface area contributed by atoms with E-state index < -0.39 is 11.9 Å². The molecule has 2 aromatic rings. The van der Waals surface area contributed by atoms with Crippen LogP contribution in [0.3, 0.4) is 0 Å². The van der Waals surface area contributed by atoms with E-state index in [4.69, 9.17) is 0 Å². The number of fused-ring (bicyclic) bond motifs is 1. The highest BCUT2D eigenvalue weighted by atomic mass is 19.1. The molecule has 5 nitrogen and oxygen atoms in total. The summed E-state index contributed by atoms with van der Waals surface area (Å²) in [6, 6.07) is 7.15. The summed E-state index contributed by atoms with van der Waals surface area (Å²) >= 11 is 0. The smallest absolute Gasteiger partial charge is 0.325 e. The van der Waals surface area contributed by atoms with Crippen LogP contribution in [0.4, 0.5) is 4.39 Å². The molecule has 0 radical (unpaired) electrons. The summed E-state index contributed by atoms with van der Waals surface area (Å²) in [6.07, 6.45) is 0. The van der Waals surface area contributed by atoms with Crippen molar-refractivity contribution >= 4 is 22.8 Å². The van der Waals surface area contributed by atoms with E-state index in [1.54, 1.807) is 6.07 Å². The molecule has 2 rings (SSSR count). The van der Waals surface area contributed by atoms with Gasteiger partial charge in [-0.15, -0.1) is 0 Å². The minimum absolute atomic E-state index is 0.156. The van der Waals surface area contributed by atoms with Crippen molar-refractivity contribution in [1.29, 1.82) is 0 Å². The zero-order chi connectivity index (χ0) is 13.8. The quantitative estimate of drug-likeness (QED) is 0.846. The molecule has 1 N–H and O–H groups in total. The van der Waals surface area contributed by atoms with Crippen LogP contribution in [-0.2, 0) is 9.53 Å². The van der Waals surface area contributed by atoms with E-state index in [9.17, 15) is 14.0 Å². The van der Waals surface area contributed by atoms with Gasteiger partial charge in [0.1, 0.15) is 18.1 Å². The van der Waals surface area contributed by atoms with Crippen LogP contribution in [-0.4, -0.2) is 30.5 Å². The summed E-state index contributed by atoms with van der Waals surface area (Å²) in [5.41, 5.74) is 0.662. The largest absolute Gasteiger partial charge is 0.468 e. The van der Waals surface area contributed by atoms with Gasteiger partial charge < -0.3 is 10.1 Å². The number of carbonyl (C=O) groups excluding carboxylic acids is 2. The average molecular weight is 262 g/mol. The van der Waals surface area contributed by atoms with Crippen LogP contribution >= 0.6 is 0 Å². The maximum absolute atomic E-state index is 13.0. The first-order valence-electron chi connectivity index (χ1n) is 5.51. The number of benzene rings is 1. The van der Waals surface area contributed by atoms with Crippen molar-refractivity contribution in [3.63, 3.8) is 0 Å². The third-order valence-electron chi connectivity index (χ3n) is 2.50. The van der Waals surface area contributed by atoms with Crippen LogP contribution < -0.4 is 5.32 Å². The molecule has 0 unspecified atom stereocenters. The van der Waals surface area contributed by atoms with Crippen LogP contribution in [0.2, 0.25) is 0 Å². The van der Waals surface area contributed by atoms with Gasteiger partial charge in [-0.05, 0) is 24.3 Å². The Kier molecular flexibility index (Phi) is 3.70. The Labute approximate surface area is 108 Å². The fourth-order valence-corrected chi connectivity index (χ4v) is 1.54. The van der Waals surface area contributed by atoms with Gasteiger partial charge in [-0.2, -0.15) is 0 Å². The summed E-state index contributed by atoms with van der Waals surface area (Å²) < 4.78 is 17.4. The number of carbonyl (C=O) groups is 2. The van der Waals surface area contributed by atoms with E-state index in [2.05, 4.69) is 15.0 Å². The number of amides is 1. The number of halogens is 1. The molecule has 0 atom stereocenters. The Morgan fingerprint density at radius 3 is 2.84 bits per heavy atom. The normalized spacial score (nSPS) is 10.2. The van der Waals surface area contributed by atoms with E-state index in [0.29, 0.717) is 10.9 Å². The van der Waals surface area contributed by atoms with Gasteiger partial charge in [-0.1, -0.05) is 6.07 Å². The molecule has 1 aromatic carbocycles. The second kappa shape index (κ2) is 5.43. The van der Waals surface area contributed by atoms with Crippen molar-refractivity contribution < 1.29 is 18.7 Å². The number of nitrogens with zero attached hydrogens (tertiary/aromatic N) is 1. The highest BCUT2D eigenvalue weighted by molar-refractivity contribution is 5.96. The SMILES string of the molecule is COC(=O)CNC(=O)c1ccc2cc(F)ccc2n1. The first kappa shape index (κ1) is 12.9. The van der Waals surface area contributed by atoms with E-state index in [1.165, 1.54) is 31.4 Å². The summed E-state index contributed by atoms with van der Waals surface area (Å²) in [6.45, 7) is -0.224. The zero-order valence-corrected chi connectivity index (χ0v) is 10.1. The number of aromatic nitrogens is 1. The van der Waals surface area contributed by atoms with Crippen molar-refractivity contribution in [2.75, 3.05) is 13.7 Å².